The highest BCUT2D eigenvalue weighted by molar-refractivity contribution is 5.51. The quantitative estimate of drug-likeness (QED) is 0.721. The third kappa shape index (κ3) is 1.14. The van der Waals surface area contributed by atoms with Gasteiger partial charge in [-0.2, -0.15) is 0 Å². The monoisotopic (exact) mass is 188 g/mol. The molecule has 3 rings (SSSR count). The van der Waals surface area contributed by atoms with Gasteiger partial charge >= 0.3 is 0 Å². The van der Waals surface area contributed by atoms with Gasteiger partial charge in [0.25, 0.3) is 0 Å². The molecule has 2 nitrogen and oxygen atoms in total. The molecule has 2 aliphatic rings. The number of nitrogens with two attached hydrogens (primary N) is 1. The van der Waals surface area contributed by atoms with Gasteiger partial charge in [-0.05, 0) is 36.5 Å². The topological polar surface area (TPSA) is 29.3 Å². The fourth-order valence-electron chi connectivity index (χ4n) is 2.61. The van der Waals surface area contributed by atoms with E-state index in [9.17, 15) is 0 Å². The summed E-state index contributed by atoms with van der Waals surface area (Å²) in [5.74, 6) is 1.55. The summed E-state index contributed by atoms with van der Waals surface area (Å²) in [6, 6.07) is 9.23. The standard InChI is InChI=1S/C12H16N2/c1-8-3-2-4-9(5-8)14-6-10-11(7-14)12(10)13/h2-5,10-12H,6-7,13H2,1H3. The lowest BCUT2D eigenvalue weighted by Gasteiger charge is -2.21. The minimum Gasteiger partial charge on any atom is -0.371 e. The Hall–Kier alpha value is -1.02. The minimum atomic E-state index is 0.496. The van der Waals surface area contributed by atoms with Gasteiger partial charge in [0.15, 0.2) is 0 Å². The van der Waals surface area contributed by atoms with Crippen molar-refractivity contribution >= 4 is 5.69 Å². The van der Waals surface area contributed by atoms with Gasteiger partial charge in [0.2, 0.25) is 0 Å². The van der Waals surface area contributed by atoms with E-state index in [2.05, 4.69) is 36.1 Å². The Kier molecular flexibility index (Phi) is 1.62. The number of benzene rings is 1. The number of hydrogen-bond donors (Lipinski definition) is 1. The van der Waals surface area contributed by atoms with Crippen LogP contribution in [-0.2, 0) is 0 Å². The van der Waals surface area contributed by atoms with E-state index in [1.807, 2.05) is 0 Å². The molecule has 2 unspecified atom stereocenters. The van der Waals surface area contributed by atoms with Crippen molar-refractivity contribution in [2.45, 2.75) is 13.0 Å². The molecule has 1 aromatic rings. The smallest absolute Gasteiger partial charge is 0.0369 e. The van der Waals surface area contributed by atoms with Gasteiger partial charge < -0.3 is 10.6 Å². The zero-order valence-electron chi connectivity index (χ0n) is 8.48. The molecule has 1 saturated heterocycles. The molecule has 0 aromatic heterocycles. The van der Waals surface area contributed by atoms with Crippen LogP contribution >= 0.6 is 0 Å². The number of hydrogen-bond acceptors (Lipinski definition) is 2. The van der Waals surface area contributed by atoms with E-state index in [1.54, 1.807) is 0 Å². The second-order valence-corrected chi connectivity index (χ2v) is 4.65. The molecule has 2 atom stereocenters. The van der Waals surface area contributed by atoms with E-state index in [-0.39, 0.29) is 0 Å². The van der Waals surface area contributed by atoms with E-state index < -0.39 is 0 Å². The fraction of sp³-hybridized carbons (Fsp3) is 0.500. The van der Waals surface area contributed by atoms with E-state index in [1.165, 1.54) is 11.3 Å². The first-order valence-electron chi connectivity index (χ1n) is 5.33. The molecule has 0 radical (unpaired) electrons. The van der Waals surface area contributed by atoms with Crippen LogP contribution in [0.1, 0.15) is 5.56 Å². The largest absolute Gasteiger partial charge is 0.371 e. The molecule has 14 heavy (non-hydrogen) atoms. The summed E-state index contributed by atoms with van der Waals surface area (Å²) < 4.78 is 0. The summed E-state index contributed by atoms with van der Waals surface area (Å²) in [5.41, 5.74) is 8.62. The van der Waals surface area contributed by atoms with E-state index in [0.717, 1.165) is 24.9 Å². The van der Waals surface area contributed by atoms with Gasteiger partial charge in [-0.25, -0.2) is 0 Å². The zero-order valence-corrected chi connectivity index (χ0v) is 8.48. The molecule has 0 spiro atoms. The van der Waals surface area contributed by atoms with Crippen molar-refractivity contribution in [3.63, 3.8) is 0 Å². The Balaban J connectivity index is 1.79. The summed E-state index contributed by atoms with van der Waals surface area (Å²) in [7, 11) is 0. The molecule has 2 heteroatoms. The van der Waals surface area contributed by atoms with Crippen LogP contribution in [0.2, 0.25) is 0 Å². The first kappa shape index (κ1) is 8.30. The predicted molar refractivity (Wildman–Crippen MR) is 58.3 cm³/mol. The van der Waals surface area contributed by atoms with Gasteiger partial charge in [0, 0.05) is 24.8 Å². The molecule has 1 saturated carbocycles. The third-order valence-electron chi connectivity index (χ3n) is 3.63. The maximum atomic E-state index is 5.92. The zero-order chi connectivity index (χ0) is 9.71. The van der Waals surface area contributed by atoms with Gasteiger partial charge in [-0.3, -0.25) is 0 Å². The highest BCUT2D eigenvalue weighted by Crippen LogP contribution is 2.45. The Bertz CT molecular complexity index is 349. The maximum Gasteiger partial charge on any atom is 0.0369 e. The SMILES string of the molecule is Cc1cccc(N2CC3C(N)C3C2)c1. The Morgan fingerprint density at radius 3 is 2.64 bits per heavy atom. The van der Waals surface area contributed by atoms with Gasteiger partial charge in [-0.15, -0.1) is 0 Å². The van der Waals surface area contributed by atoms with Crippen molar-refractivity contribution in [3.05, 3.63) is 29.8 Å². The molecule has 0 bridgehead atoms. The van der Waals surface area contributed by atoms with Crippen molar-refractivity contribution < 1.29 is 0 Å². The molecule has 1 aliphatic heterocycles. The summed E-state index contributed by atoms with van der Waals surface area (Å²) in [4.78, 5) is 2.46. The molecular weight excluding hydrogens is 172 g/mol. The molecule has 1 heterocycles. The average molecular weight is 188 g/mol. The summed E-state index contributed by atoms with van der Waals surface area (Å²) in [5, 5.41) is 0. The fourth-order valence-corrected chi connectivity index (χ4v) is 2.61. The van der Waals surface area contributed by atoms with Crippen LogP contribution < -0.4 is 10.6 Å². The number of nitrogens with zero attached hydrogens (tertiary/aromatic N) is 1. The van der Waals surface area contributed by atoms with Crippen molar-refractivity contribution in [1.82, 2.24) is 0 Å². The molecule has 1 aromatic carbocycles. The highest BCUT2D eigenvalue weighted by Gasteiger charge is 2.53. The number of piperidine rings is 1. The van der Waals surface area contributed by atoms with Gasteiger partial charge in [0.05, 0.1) is 0 Å². The molecule has 1 aliphatic carbocycles. The number of anilines is 1. The Labute approximate surface area is 84.7 Å². The van der Waals surface area contributed by atoms with E-state index in [0.29, 0.717) is 6.04 Å². The summed E-state index contributed by atoms with van der Waals surface area (Å²) in [6.45, 7) is 4.47. The Morgan fingerprint density at radius 2 is 2.00 bits per heavy atom. The van der Waals surface area contributed by atoms with Crippen LogP contribution in [0, 0.1) is 18.8 Å². The van der Waals surface area contributed by atoms with Crippen molar-refractivity contribution in [3.8, 4) is 0 Å². The highest BCUT2D eigenvalue weighted by atomic mass is 15.2. The van der Waals surface area contributed by atoms with Crippen molar-refractivity contribution in [1.29, 1.82) is 0 Å². The Morgan fingerprint density at radius 1 is 1.29 bits per heavy atom. The first-order valence-corrected chi connectivity index (χ1v) is 5.33. The first-order chi connectivity index (χ1) is 6.75. The van der Waals surface area contributed by atoms with Gasteiger partial charge in [-0.1, -0.05) is 12.1 Å². The van der Waals surface area contributed by atoms with Crippen LogP contribution in [0.3, 0.4) is 0 Å². The van der Waals surface area contributed by atoms with E-state index in [4.69, 9.17) is 5.73 Å². The van der Waals surface area contributed by atoms with Crippen molar-refractivity contribution in [2.75, 3.05) is 18.0 Å². The van der Waals surface area contributed by atoms with Crippen LogP contribution in [-0.4, -0.2) is 19.1 Å². The molecule has 0 amide bonds. The van der Waals surface area contributed by atoms with Crippen LogP contribution in [0.4, 0.5) is 5.69 Å². The summed E-state index contributed by atoms with van der Waals surface area (Å²) in [6.07, 6.45) is 0. The molecule has 74 valence electrons. The van der Waals surface area contributed by atoms with Crippen LogP contribution in [0.15, 0.2) is 24.3 Å². The maximum absolute atomic E-state index is 5.92. The molecule has 2 fully saturated rings. The minimum absolute atomic E-state index is 0.496. The van der Waals surface area contributed by atoms with Crippen molar-refractivity contribution in [2.24, 2.45) is 17.6 Å². The summed E-state index contributed by atoms with van der Waals surface area (Å²) >= 11 is 0. The van der Waals surface area contributed by atoms with Gasteiger partial charge in [0.1, 0.15) is 0 Å². The normalized spacial score (nSPS) is 34.4. The lowest BCUT2D eigenvalue weighted by atomic mass is 10.2. The average Bonchev–Trinajstić information content (AvgIpc) is 2.66. The molecule has 2 N–H and O–H groups in total. The number of rotatable bonds is 1. The van der Waals surface area contributed by atoms with Crippen LogP contribution in [0.25, 0.3) is 0 Å². The number of aryl methyl sites for hydroxylation is 1. The second kappa shape index (κ2) is 2.74. The predicted octanol–water partition coefficient (Wildman–Crippen LogP) is 1.39. The lowest BCUT2D eigenvalue weighted by molar-refractivity contribution is 0.743. The lowest BCUT2D eigenvalue weighted by Crippen LogP contribution is -2.27. The number of fused-ring (bicyclic) bond motifs is 1. The third-order valence-corrected chi connectivity index (χ3v) is 3.63. The second-order valence-electron chi connectivity index (χ2n) is 4.65. The molecular formula is C12H16N2. The van der Waals surface area contributed by atoms with E-state index >= 15 is 0 Å². The van der Waals surface area contributed by atoms with Crippen LogP contribution in [0.5, 0.6) is 0 Å².